The van der Waals surface area contributed by atoms with Gasteiger partial charge in [-0.15, -0.1) is 5.10 Å². The van der Waals surface area contributed by atoms with Gasteiger partial charge >= 0.3 is 6.09 Å². The van der Waals surface area contributed by atoms with Gasteiger partial charge in [-0.05, 0) is 40.6 Å². The molecule has 0 fully saturated rings. The molecule has 0 saturated heterocycles. The van der Waals surface area contributed by atoms with Crippen molar-refractivity contribution in [3.63, 3.8) is 0 Å². The molecule has 150 valence electrons. The third-order valence-corrected chi connectivity index (χ3v) is 4.63. The maximum atomic E-state index is 12.5. The Kier molecular flexibility index (Phi) is 5.04. The van der Waals surface area contributed by atoms with E-state index in [-0.39, 0.29) is 18.3 Å². The van der Waals surface area contributed by atoms with Crippen LogP contribution in [0.3, 0.4) is 0 Å². The molecule has 0 aliphatic carbocycles. The average molecular weight is 401 g/mol. The Morgan fingerprint density at radius 1 is 1.00 bits per heavy atom. The molecule has 0 aliphatic heterocycles. The zero-order valence-corrected chi connectivity index (χ0v) is 15.9. The average Bonchev–Trinajstić information content (AvgIpc) is 3.12. The second kappa shape index (κ2) is 7.96. The van der Waals surface area contributed by atoms with Crippen LogP contribution in [0.25, 0.3) is 16.5 Å². The zero-order chi connectivity index (χ0) is 21.1. The summed E-state index contributed by atoms with van der Waals surface area (Å²) in [4.78, 5) is 23.1. The number of nitrogens with one attached hydrogen (secondary N) is 2. The van der Waals surface area contributed by atoms with Crippen molar-refractivity contribution >= 4 is 34.3 Å². The molecule has 0 aliphatic rings. The summed E-state index contributed by atoms with van der Waals surface area (Å²) in [6.07, 6.45) is 0.551. The number of carboxylic acid groups (broad SMARTS) is 1. The van der Waals surface area contributed by atoms with E-state index in [0.29, 0.717) is 11.3 Å². The molecular formula is C22H19N5O3. The SMILES string of the molecule is Nc1cn(-c2ccc3ccccc3c2)nc1NC(=O)c1ccc(CNC(=O)O)cc1. The normalized spacial score (nSPS) is 10.7. The van der Waals surface area contributed by atoms with E-state index in [2.05, 4.69) is 15.7 Å². The number of nitrogens with two attached hydrogens (primary N) is 1. The van der Waals surface area contributed by atoms with Crippen LogP contribution in [0.5, 0.6) is 0 Å². The van der Waals surface area contributed by atoms with Crippen LogP contribution in [0.1, 0.15) is 15.9 Å². The van der Waals surface area contributed by atoms with Crippen molar-refractivity contribution < 1.29 is 14.7 Å². The Bertz CT molecular complexity index is 1230. The van der Waals surface area contributed by atoms with E-state index in [0.717, 1.165) is 22.0 Å². The van der Waals surface area contributed by atoms with Crippen LogP contribution in [0.2, 0.25) is 0 Å². The van der Waals surface area contributed by atoms with Crippen LogP contribution in [0, 0.1) is 0 Å². The number of aromatic nitrogens is 2. The number of carbonyl (C=O) groups is 2. The molecular weight excluding hydrogens is 382 g/mol. The van der Waals surface area contributed by atoms with Crippen LogP contribution in [-0.2, 0) is 6.54 Å². The van der Waals surface area contributed by atoms with Gasteiger partial charge in [0.1, 0.15) is 0 Å². The van der Waals surface area contributed by atoms with E-state index in [9.17, 15) is 9.59 Å². The van der Waals surface area contributed by atoms with Crippen molar-refractivity contribution in [2.24, 2.45) is 0 Å². The fourth-order valence-corrected chi connectivity index (χ4v) is 3.07. The van der Waals surface area contributed by atoms with Gasteiger partial charge in [-0.25, -0.2) is 9.48 Å². The van der Waals surface area contributed by atoms with Gasteiger partial charge < -0.3 is 21.5 Å². The summed E-state index contributed by atoms with van der Waals surface area (Å²) in [6, 6.07) is 20.5. The van der Waals surface area contributed by atoms with Crippen molar-refractivity contribution in [3.05, 3.63) is 84.1 Å². The fourth-order valence-electron chi connectivity index (χ4n) is 3.07. The maximum Gasteiger partial charge on any atom is 0.404 e. The van der Waals surface area contributed by atoms with Crippen LogP contribution in [-0.4, -0.2) is 26.9 Å². The number of rotatable bonds is 5. The van der Waals surface area contributed by atoms with E-state index in [1.165, 1.54) is 0 Å². The first-order valence-corrected chi connectivity index (χ1v) is 9.21. The molecule has 30 heavy (non-hydrogen) atoms. The molecule has 8 nitrogen and oxygen atoms in total. The predicted octanol–water partition coefficient (Wildman–Crippen LogP) is 3.63. The Labute approximate surface area is 171 Å². The first kappa shape index (κ1) is 19.0. The third kappa shape index (κ3) is 4.07. The molecule has 4 rings (SSSR count). The molecule has 4 aromatic rings. The van der Waals surface area contributed by atoms with E-state index >= 15 is 0 Å². The lowest BCUT2D eigenvalue weighted by Gasteiger charge is -2.06. The highest BCUT2D eigenvalue weighted by atomic mass is 16.4. The number of amides is 2. The van der Waals surface area contributed by atoms with Crippen LogP contribution < -0.4 is 16.4 Å². The summed E-state index contributed by atoms with van der Waals surface area (Å²) in [5.74, 6) is -0.0898. The molecule has 0 atom stereocenters. The lowest BCUT2D eigenvalue weighted by Crippen LogP contribution is -2.20. The summed E-state index contributed by atoms with van der Waals surface area (Å²) < 4.78 is 1.62. The summed E-state index contributed by atoms with van der Waals surface area (Å²) in [5, 5.41) is 20.2. The van der Waals surface area contributed by atoms with Crippen molar-refractivity contribution in [3.8, 4) is 5.69 Å². The number of fused-ring (bicyclic) bond motifs is 1. The Morgan fingerprint density at radius 2 is 1.73 bits per heavy atom. The highest BCUT2D eigenvalue weighted by molar-refractivity contribution is 6.05. The lowest BCUT2D eigenvalue weighted by molar-refractivity contribution is 0.102. The van der Waals surface area contributed by atoms with Gasteiger partial charge in [0, 0.05) is 12.1 Å². The lowest BCUT2D eigenvalue weighted by atomic mass is 10.1. The molecule has 1 heterocycles. The standard InChI is InChI=1S/C22H19N5O3/c23-19-13-27(18-10-9-15-3-1-2-4-17(15)11-18)26-20(19)25-21(28)16-7-5-14(6-8-16)12-24-22(29)30/h1-11,13,24H,12,23H2,(H,29,30)(H,25,26,28). The smallest absolute Gasteiger partial charge is 0.404 e. The number of hydrogen-bond donors (Lipinski definition) is 4. The number of nitrogen functional groups attached to an aromatic ring is 1. The van der Waals surface area contributed by atoms with Crippen LogP contribution >= 0.6 is 0 Å². The predicted molar refractivity (Wildman–Crippen MR) is 115 cm³/mol. The van der Waals surface area contributed by atoms with E-state index in [1.54, 1.807) is 35.1 Å². The minimum absolute atomic E-state index is 0.167. The summed E-state index contributed by atoms with van der Waals surface area (Å²) >= 11 is 0. The Hall–Kier alpha value is -4.33. The van der Waals surface area contributed by atoms with Crippen molar-refractivity contribution in [2.45, 2.75) is 6.54 Å². The first-order valence-electron chi connectivity index (χ1n) is 9.21. The summed E-state index contributed by atoms with van der Waals surface area (Å²) in [7, 11) is 0. The minimum atomic E-state index is -1.10. The van der Waals surface area contributed by atoms with Crippen LogP contribution in [0.15, 0.2) is 72.9 Å². The van der Waals surface area contributed by atoms with Gasteiger partial charge in [0.05, 0.1) is 17.6 Å². The van der Waals surface area contributed by atoms with Crippen molar-refractivity contribution in [1.29, 1.82) is 0 Å². The maximum absolute atomic E-state index is 12.5. The molecule has 8 heteroatoms. The number of nitrogens with zero attached hydrogens (tertiary/aromatic N) is 2. The number of hydrogen-bond acceptors (Lipinski definition) is 4. The molecule has 0 bridgehead atoms. The van der Waals surface area contributed by atoms with Gasteiger partial charge in [-0.3, -0.25) is 4.79 Å². The number of anilines is 2. The molecule has 0 spiro atoms. The number of benzene rings is 3. The monoisotopic (exact) mass is 401 g/mol. The summed E-state index contributed by atoms with van der Waals surface area (Å²) in [6.45, 7) is 0.167. The quantitative estimate of drug-likeness (QED) is 0.407. The van der Waals surface area contributed by atoms with Gasteiger partial charge in [-0.1, -0.05) is 42.5 Å². The van der Waals surface area contributed by atoms with Crippen LogP contribution in [0.4, 0.5) is 16.3 Å². The van der Waals surface area contributed by atoms with Crippen molar-refractivity contribution in [2.75, 3.05) is 11.1 Å². The van der Waals surface area contributed by atoms with Gasteiger partial charge in [-0.2, -0.15) is 0 Å². The molecule has 3 aromatic carbocycles. The number of carbonyl (C=O) groups excluding carboxylic acids is 1. The van der Waals surface area contributed by atoms with E-state index in [1.807, 2.05) is 42.5 Å². The van der Waals surface area contributed by atoms with Gasteiger partial charge in [0.15, 0.2) is 5.82 Å². The first-order chi connectivity index (χ1) is 14.5. The van der Waals surface area contributed by atoms with Gasteiger partial charge in [0.2, 0.25) is 0 Å². The second-order valence-electron chi connectivity index (χ2n) is 6.72. The summed E-state index contributed by atoms with van der Waals surface area (Å²) in [5.41, 5.74) is 8.38. The van der Waals surface area contributed by atoms with Gasteiger partial charge in [0.25, 0.3) is 5.91 Å². The van der Waals surface area contributed by atoms with Crippen molar-refractivity contribution in [1.82, 2.24) is 15.1 Å². The largest absolute Gasteiger partial charge is 0.465 e. The zero-order valence-electron chi connectivity index (χ0n) is 15.9. The molecule has 5 N–H and O–H groups in total. The highest BCUT2D eigenvalue weighted by Gasteiger charge is 2.13. The topological polar surface area (TPSA) is 122 Å². The molecule has 1 aromatic heterocycles. The Balaban J connectivity index is 1.50. The third-order valence-electron chi connectivity index (χ3n) is 4.63. The molecule has 0 saturated carbocycles. The minimum Gasteiger partial charge on any atom is -0.465 e. The molecule has 2 amide bonds. The molecule has 0 unspecified atom stereocenters. The molecule has 0 radical (unpaired) electrons. The highest BCUT2D eigenvalue weighted by Crippen LogP contribution is 2.22. The Morgan fingerprint density at radius 3 is 2.47 bits per heavy atom. The second-order valence-corrected chi connectivity index (χ2v) is 6.72. The van der Waals surface area contributed by atoms with E-state index < -0.39 is 6.09 Å². The van der Waals surface area contributed by atoms with E-state index in [4.69, 9.17) is 10.8 Å². The fraction of sp³-hybridized carbons (Fsp3) is 0.0455.